The Balaban J connectivity index is 1.54. The zero-order valence-electron chi connectivity index (χ0n) is 13.3. The Bertz CT molecular complexity index is 627. The Morgan fingerprint density at radius 2 is 1.83 bits per heavy atom. The molecule has 122 valence electrons. The Hall–Kier alpha value is -1.55. The third-order valence-corrected chi connectivity index (χ3v) is 4.48. The summed E-state index contributed by atoms with van der Waals surface area (Å²) in [5, 5.41) is 11.1. The molecular formula is C19H22ClNO2. The van der Waals surface area contributed by atoms with E-state index < -0.39 is 6.10 Å². The van der Waals surface area contributed by atoms with Gasteiger partial charge in [0, 0.05) is 24.7 Å². The summed E-state index contributed by atoms with van der Waals surface area (Å²) in [6, 6.07) is 15.8. The first-order chi connectivity index (χ1) is 11.1. The van der Waals surface area contributed by atoms with Gasteiger partial charge in [-0.05, 0) is 43.2 Å². The van der Waals surface area contributed by atoms with Crippen molar-refractivity contribution in [3.63, 3.8) is 0 Å². The van der Waals surface area contributed by atoms with Gasteiger partial charge < -0.3 is 9.84 Å². The predicted octanol–water partition coefficient (Wildman–Crippen LogP) is 3.66. The monoisotopic (exact) mass is 331 g/mol. The highest BCUT2D eigenvalue weighted by Crippen LogP contribution is 2.22. The molecule has 2 atom stereocenters. The third kappa shape index (κ3) is 4.47. The lowest BCUT2D eigenvalue weighted by molar-refractivity contribution is -0.0274. The number of hydrogen-bond donors (Lipinski definition) is 1. The molecule has 1 fully saturated rings. The molecule has 0 aliphatic carbocycles. The molecule has 0 unspecified atom stereocenters. The van der Waals surface area contributed by atoms with Crippen LogP contribution in [0.5, 0.6) is 5.75 Å². The molecule has 2 aromatic rings. The minimum atomic E-state index is -0.482. The van der Waals surface area contributed by atoms with E-state index in [1.54, 1.807) is 12.1 Å². The van der Waals surface area contributed by atoms with Crippen LogP contribution in [-0.4, -0.2) is 35.3 Å². The van der Waals surface area contributed by atoms with E-state index in [1.165, 1.54) is 11.1 Å². The number of aliphatic hydroxyl groups excluding tert-OH is 1. The maximum atomic E-state index is 10.4. The molecule has 0 bridgehead atoms. The number of rotatable bonds is 4. The van der Waals surface area contributed by atoms with Gasteiger partial charge in [0.15, 0.2) is 0 Å². The molecule has 1 aliphatic heterocycles. The van der Waals surface area contributed by atoms with Crippen LogP contribution in [-0.2, 0) is 6.54 Å². The Morgan fingerprint density at radius 1 is 1.13 bits per heavy atom. The molecule has 1 saturated heterocycles. The van der Waals surface area contributed by atoms with Crippen molar-refractivity contribution in [1.29, 1.82) is 0 Å². The highest BCUT2D eigenvalue weighted by molar-refractivity contribution is 6.30. The molecule has 2 aromatic carbocycles. The molecule has 0 aromatic heterocycles. The van der Waals surface area contributed by atoms with Gasteiger partial charge in [-0.15, -0.1) is 0 Å². The highest BCUT2D eigenvalue weighted by atomic mass is 35.5. The first kappa shape index (κ1) is 16.3. The zero-order chi connectivity index (χ0) is 16.2. The van der Waals surface area contributed by atoms with E-state index in [0.29, 0.717) is 11.6 Å². The molecule has 3 nitrogen and oxygen atoms in total. The van der Waals surface area contributed by atoms with Gasteiger partial charge in [0.25, 0.3) is 0 Å². The van der Waals surface area contributed by atoms with Crippen molar-refractivity contribution < 1.29 is 9.84 Å². The van der Waals surface area contributed by atoms with Crippen LogP contribution < -0.4 is 4.74 Å². The average Bonchev–Trinajstić information content (AvgIpc) is 2.54. The molecule has 3 rings (SSSR count). The van der Waals surface area contributed by atoms with Gasteiger partial charge in [-0.3, -0.25) is 4.90 Å². The van der Waals surface area contributed by atoms with Gasteiger partial charge in [-0.1, -0.05) is 41.4 Å². The molecule has 0 saturated carbocycles. The third-order valence-electron chi connectivity index (χ3n) is 4.23. The van der Waals surface area contributed by atoms with E-state index in [4.69, 9.17) is 16.3 Å². The molecule has 23 heavy (non-hydrogen) atoms. The summed E-state index contributed by atoms with van der Waals surface area (Å²) in [5.41, 5.74) is 2.55. The average molecular weight is 332 g/mol. The Kier molecular flexibility index (Phi) is 5.21. The smallest absolute Gasteiger partial charge is 0.127 e. The van der Waals surface area contributed by atoms with Crippen LogP contribution in [0.2, 0.25) is 5.02 Å². The SMILES string of the molecule is Cc1ccc(CN2CC[C@@H](Oc3ccc(Cl)cc3)[C@H](O)C2)cc1. The van der Waals surface area contributed by atoms with E-state index in [1.807, 2.05) is 12.1 Å². The van der Waals surface area contributed by atoms with Gasteiger partial charge in [0.2, 0.25) is 0 Å². The summed E-state index contributed by atoms with van der Waals surface area (Å²) in [4.78, 5) is 2.27. The van der Waals surface area contributed by atoms with Gasteiger partial charge in [-0.2, -0.15) is 0 Å². The van der Waals surface area contributed by atoms with Gasteiger partial charge >= 0.3 is 0 Å². The molecule has 4 heteroatoms. The number of piperidine rings is 1. The fourth-order valence-corrected chi connectivity index (χ4v) is 3.02. The maximum Gasteiger partial charge on any atom is 0.127 e. The van der Waals surface area contributed by atoms with Crippen LogP contribution in [0, 0.1) is 6.92 Å². The fourth-order valence-electron chi connectivity index (χ4n) is 2.90. The highest BCUT2D eigenvalue weighted by Gasteiger charge is 2.29. The second-order valence-electron chi connectivity index (χ2n) is 6.19. The van der Waals surface area contributed by atoms with Crippen LogP contribution in [0.3, 0.4) is 0 Å². The largest absolute Gasteiger partial charge is 0.488 e. The molecule has 1 heterocycles. The van der Waals surface area contributed by atoms with Crippen LogP contribution in [0.1, 0.15) is 17.5 Å². The van der Waals surface area contributed by atoms with Gasteiger partial charge in [0.1, 0.15) is 18.0 Å². The van der Waals surface area contributed by atoms with E-state index in [-0.39, 0.29) is 6.10 Å². The van der Waals surface area contributed by atoms with Gasteiger partial charge in [0.05, 0.1) is 0 Å². The summed E-state index contributed by atoms with van der Waals surface area (Å²) in [6.45, 7) is 4.51. The standard InChI is InChI=1S/C19H22ClNO2/c1-14-2-4-15(5-3-14)12-21-11-10-19(18(22)13-21)23-17-8-6-16(20)7-9-17/h2-9,18-19,22H,10-13H2,1H3/t18-,19-/m1/s1. The number of β-amino-alcohol motifs (C(OH)–C–C–N with tert-alkyl or cyclic N) is 1. The lowest BCUT2D eigenvalue weighted by atomic mass is 10.0. The zero-order valence-corrected chi connectivity index (χ0v) is 14.0. The van der Waals surface area contributed by atoms with Crippen LogP contribution in [0.4, 0.5) is 0 Å². The van der Waals surface area contributed by atoms with Crippen LogP contribution >= 0.6 is 11.6 Å². The molecule has 1 aliphatic rings. The van der Waals surface area contributed by atoms with Crippen molar-refractivity contribution in [1.82, 2.24) is 4.90 Å². The van der Waals surface area contributed by atoms with Crippen LogP contribution in [0.15, 0.2) is 48.5 Å². The lowest BCUT2D eigenvalue weighted by Gasteiger charge is -2.36. The molecule has 0 spiro atoms. The first-order valence-corrected chi connectivity index (χ1v) is 8.36. The predicted molar refractivity (Wildman–Crippen MR) is 92.9 cm³/mol. The summed E-state index contributed by atoms with van der Waals surface area (Å²) in [7, 11) is 0. The van der Waals surface area contributed by atoms with E-state index in [0.717, 1.165) is 25.3 Å². The summed E-state index contributed by atoms with van der Waals surface area (Å²) >= 11 is 5.88. The number of aliphatic hydroxyl groups is 1. The number of hydrogen-bond acceptors (Lipinski definition) is 3. The normalized spacial score (nSPS) is 22.0. The van der Waals surface area contributed by atoms with Crippen molar-refractivity contribution in [2.45, 2.75) is 32.1 Å². The first-order valence-electron chi connectivity index (χ1n) is 7.98. The summed E-state index contributed by atoms with van der Waals surface area (Å²) in [6.07, 6.45) is 0.172. The second-order valence-corrected chi connectivity index (χ2v) is 6.62. The van der Waals surface area contributed by atoms with Crippen molar-refractivity contribution >= 4 is 11.6 Å². The quantitative estimate of drug-likeness (QED) is 0.928. The van der Waals surface area contributed by atoms with E-state index in [2.05, 4.69) is 36.1 Å². The van der Waals surface area contributed by atoms with E-state index >= 15 is 0 Å². The number of halogens is 1. The minimum absolute atomic E-state index is 0.162. The number of ether oxygens (including phenoxy) is 1. The van der Waals surface area contributed by atoms with Gasteiger partial charge in [-0.25, -0.2) is 0 Å². The Morgan fingerprint density at radius 3 is 2.48 bits per heavy atom. The van der Waals surface area contributed by atoms with E-state index in [9.17, 15) is 5.11 Å². The Labute approximate surface area is 142 Å². The van der Waals surface area contributed by atoms with Crippen molar-refractivity contribution in [2.24, 2.45) is 0 Å². The fraction of sp³-hybridized carbons (Fsp3) is 0.368. The molecule has 1 N–H and O–H groups in total. The second kappa shape index (κ2) is 7.35. The topological polar surface area (TPSA) is 32.7 Å². The van der Waals surface area contributed by atoms with Crippen LogP contribution in [0.25, 0.3) is 0 Å². The lowest BCUT2D eigenvalue weighted by Crippen LogP contribution is -2.48. The number of aryl methyl sites for hydroxylation is 1. The summed E-state index contributed by atoms with van der Waals surface area (Å²) < 4.78 is 5.90. The van der Waals surface area contributed by atoms with Crippen molar-refractivity contribution in [3.05, 3.63) is 64.7 Å². The molecule has 0 amide bonds. The summed E-state index contributed by atoms with van der Waals surface area (Å²) in [5.74, 6) is 0.755. The maximum absolute atomic E-state index is 10.4. The minimum Gasteiger partial charge on any atom is -0.488 e. The number of benzene rings is 2. The molecular weight excluding hydrogens is 310 g/mol. The molecule has 0 radical (unpaired) electrons. The number of nitrogens with zero attached hydrogens (tertiary/aromatic N) is 1. The van der Waals surface area contributed by atoms with Crippen molar-refractivity contribution in [2.75, 3.05) is 13.1 Å². The number of likely N-dealkylation sites (tertiary alicyclic amines) is 1. The van der Waals surface area contributed by atoms with Crippen molar-refractivity contribution in [3.8, 4) is 5.75 Å².